The van der Waals surface area contributed by atoms with Gasteiger partial charge in [0.1, 0.15) is 60.4 Å². The summed E-state index contributed by atoms with van der Waals surface area (Å²) in [4.78, 5) is 148. The lowest BCUT2D eigenvalue weighted by atomic mass is 9.99. The minimum absolute atomic E-state index is 0.0297. The highest BCUT2D eigenvalue weighted by Gasteiger charge is 2.43. The average Bonchev–Trinajstić information content (AvgIpc) is 4.22. The first-order valence-corrected chi connectivity index (χ1v) is 29.2. The highest BCUT2D eigenvalue weighted by atomic mass is 16.2. The van der Waals surface area contributed by atoms with Crippen LogP contribution in [0.15, 0.2) is 60.7 Å². The predicted molar refractivity (Wildman–Crippen MR) is 306 cm³/mol. The summed E-state index contributed by atoms with van der Waals surface area (Å²) in [5.74, 6) is -7.22. The molecule has 0 aromatic heterocycles. The first kappa shape index (κ1) is 64.9. The van der Waals surface area contributed by atoms with Gasteiger partial charge in [-0.3, -0.25) is 47.9 Å². The Balaban J connectivity index is 1.57. The molecular weight excluding hydrogens is 1040 g/mol. The SMILES string of the molecule is CC[C@@H]1NC(=O)[C@@H]2CCCN2C(=O)[C@@H](Cc2ccccc2)NC(=O)[C@H](CC(C)C)NC(=O)[C@H](CCCN)NC(=O)[C@H](C(C)C)NC(=O)[C@@H]2CCCN2C(=O)[C@@H](Cc2ccccc2)NC(=O)[C@H](CC(C)C)NC(=O)[C@H](CCCN)NC1=O. The lowest BCUT2D eigenvalue weighted by Crippen LogP contribution is -2.62. The highest BCUT2D eigenvalue weighted by molar-refractivity contribution is 6.00. The molecule has 3 heterocycles. The van der Waals surface area contributed by atoms with Gasteiger partial charge in [-0.25, -0.2) is 0 Å². The Morgan fingerprint density at radius 2 is 0.790 bits per heavy atom. The van der Waals surface area contributed by atoms with E-state index in [-0.39, 0.29) is 95.8 Å². The molecule has 3 fully saturated rings. The van der Waals surface area contributed by atoms with Gasteiger partial charge in [0.25, 0.3) is 0 Å². The molecule has 22 nitrogen and oxygen atoms in total. The Morgan fingerprint density at radius 1 is 0.444 bits per heavy atom. The fourth-order valence-electron chi connectivity index (χ4n) is 10.7. The van der Waals surface area contributed by atoms with Crippen LogP contribution in [0.3, 0.4) is 0 Å². The van der Waals surface area contributed by atoms with E-state index in [1.807, 2.05) is 39.8 Å². The quantitative estimate of drug-likeness (QED) is 0.113. The fourth-order valence-corrected chi connectivity index (χ4v) is 10.7. The largest absolute Gasteiger partial charge is 0.343 e. The predicted octanol–water partition coefficient (Wildman–Crippen LogP) is 0.982. The maximum atomic E-state index is 14.9. The van der Waals surface area contributed by atoms with Crippen LogP contribution < -0.4 is 54.0 Å². The first-order chi connectivity index (χ1) is 38.6. The molecule has 5 rings (SSSR count). The van der Waals surface area contributed by atoms with E-state index in [0.29, 0.717) is 36.8 Å². The Labute approximate surface area is 477 Å². The molecule has 0 radical (unpaired) electrons. The van der Waals surface area contributed by atoms with Crippen LogP contribution in [-0.4, -0.2) is 155 Å². The number of hydrogen-bond donors (Lipinski definition) is 10. The van der Waals surface area contributed by atoms with Gasteiger partial charge in [0.15, 0.2) is 0 Å². The second-order valence-corrected chi connectivity index (χ2v) is 22.9. The van der Waals surface area contributed by atoms with Gasteiger partial charge in [-0.15, -0.1) is 0 Å². The monoisotopic (exact) mass is 1130 g/mol. The van der Waals surface area contributed by atoms with E-state index in [1.54, 1.807) is 69.3 Å². The third-order valence-electron chi connectivity index (χ3n) is 15.1. The number of nitrogens with two attached hydrogens (primary N) is 2. The van der Waals surface area contributed by atoms with Gasteiger partial charge in [0.05, 0.1) is 0 Å². The van der Waals surface area contributed by atoms with Crippen molar-refractivity contribution >= 4 is 59.1 Å². The van der Waals surface area contributed by atoms with E-state index in [4.69, 9.17) is 11.5 Å². The standard InChI is InChI=1S/C59H90N12O10/c1-8-40-50(72)63-41(23-15-27-60)51(73)65-43(31-35(2)3)53(75)68-46(34-39-21-13-10-14-22-39)59(81)71-30-18-26-48(71)56(78)69-49(37(6)7)57(79)64-42(24-16-28-61)52(74)66-44(32-36(4)5)54(76)67-45(33-38-19-11-9-12-20-38)58(80)70-29-17-25-47(70)55(77)62-40/h9-14,19-22,35-37,40-49H,8,15-18,23-34,60-61H2,1-7H3,(H,62,77)(H,63,72)(H,64,79)(H,65,73)(H,66,74)(H,67,76)(H,68,75)(H,69,78)/t40-,41-,42-,43-,44-,45+,46+,47-,48-,49-/m0/s1. The lowest BCUT2D eigenvalue weighted by molar-refractivity contribution is -0.143. The Morgan fingerprint density at radius 3 is 1.17 bits per heavy atom. The first-order valence-electron chi connectivity index (χ1n) is 29.2. The van der Waals surface area contributed by atoms with Gasteiger partial charge in [-0.1, -0.05) is 109 Å². The molecule has 0 bridgehead atoms. The summed E-state index contributed by atoms with van der Waals surface area (Å²) in [5, 5.41) is 22.7. The van der Waals surface area contributed by atoms with E-state index >= 15 is 0 Å². The molecule has 81 heavy (non-hydrogen) atoms. The van der Waals surface area contributed by atoms with Crippen LogP contribution in [0.2, 0.25) is 0 Å². The van der Waals surface area contributed by atoms with Crippen molar-refractivity contribution in [3.63, 3.8) is 0 Å². The number of fused-ring (bicyclic) bond motifs is 2. The smallest absolute Gasteiger partial charge is 0.246 e. The van der Waals surface area contributed by atoms with Crippen LogP contribution >= 0.6 is 0 Å². The summed E-state index contributed by atoms with van der Waals surface area (Å²) in [7, 11) is 0. The zero-order valence-corrected chi connectivity index (χ0v) is 48.4. The zero-order chi connectivity index (χ0) is 59.3. The van der Waals surface area contributed by atoms with Crippen LogP contribution in [-0.2, 0) is 60.8 Å². The molecule has 0 aliphatic carbocycles. The van der Waals surface area contributed by atoms with Crippen molar-refractivity contribution < 1.29 is 47.9 Å². The van der Waals surface area contributed by atoms with Gasteiger partial charge < -0.3 is 63.8 Å². The molecule has 3 aliphatic heterocycles. The number of nitrogens with one attached hydrogen (secondary N) is 8. The number of nitrogens with zero attached hydrogens (tertiary/aromatic N) is 2. The molecular formula is C59H90N12O10. The zero-order valence-electron chi connectivity index (χ0n) is 48.4. The summed E-state index contributed by atoms with van der Waals surface area (Å²) in [6.07, 6.45) is 2.59. The summed E-state index contributed by atoms with van der Waals surface area (Å²) in [6, 6.07) is 6.37. The minimum atomic E-state index is -1.21. The van der Waals surface area contributed by atoms with Gasteiger partial charge >= 0.3 is 0 Å². The molecule has 12 N–H and O–H groups in total. The molecule has 3 aliphatic rings. The van der Waals surface area contributed by atoms with Crippen molar-refractivity contribution in [1.82, 2.24) is 52.3 Å². The summed E-state index contributed by atoms with van der Waals surface area (Å²) in [5.41, 5.74) is 13.2. The maximum absolute atomic E-state index is 14.9. The van der Waals surface area contributed by atoms with Crippen LogP contribution in [0.4, 0.5) is 0 Å². The molecule has 2 aromatic carbocycles. The Kier molecular flexibility index (Phi) is 25.5. The minimum Gasteiger partial charge on any atom is -0.343 e. The number of carbonyl (C=O) groups excluding carboxylic acids is 10. The van der Waals surface area contributed by atoms with Crippen LogP contribution in [0.1, 0.15) is 130 Å². The van der Waals surface area contributed by atoms with Crippen LogP contribution in [0.5, 0.6) is 0 Å². The molecule has 3 saturated heterocycles. The van der Waals surface area contributed by atoms with E-state index in [9.17, 15) is 47.9 Å². The summed E-state index contributed by atoms with van der Waals surface area (Å²) in [6.45, 7) is 13.3. The van der Waals surface area contributed by atoms with Crippen molar-refractivity contribution in [2.24, 2.45) is 29.2 Å². The van der Waals surface area contributed by atoms with Crippen LogP contribution in [0, 0.1) is 17.8 Å². The molecule has 0 unspecified atom stereocenters. The normalized spacial score (nSPS) is 26.7. The van der Waals surface area contributed by atoms with Crippen molar-refractivity contribution in [1.29, 1.82) is 0 Å². The second-order valence-electron chi connectivity index (χ2n) is 22.9. The fraction of sp³-hybridized carbons (Fsp3) is 0.627. The van der Waals surface area contributed by atoms with E-state index in [1.165, 1.54) is 9.80 Å². The molecule has 0 saturated carbocycles. The molecule has 446 valence electrons. The molecule has 0 spiro atoms. The van der Waals surface area contributed by atoms with Crippen molar-refractivity contribution in [2.45, 2.75) is 192 Å². The van der Waals surface area contributed by atoms with Gasteiger partial charge in [-0.2, -0.15) is 0 Å². The summed E-state index contributed by atoms with van der Waals surface area (Å²) >= 11 is 0. The van der Waals surface area contributed by atoms with E-state index < -0.39 is 125 Å². The number of benzene rings is 2. The second kappa shape index (κ2) is 31.9. The Hall–Kier alpha value is -6.94. The summed E-state index contributed by atoms with van der Waals surface area (Å²) < 4.78 is 0. The number of rotatable bonds is 16. The van der Waals surface area contributed by atoms with Crippen molar-refractivity contribution in [2.75, 3.05) is 26.2 Å². The van der Waals surface area contributed by atoms with E-state index in [2.05, 4.69) is 42.5 Å². The molecule has 10 atom stereocenters. The third-order valence-corrected chi connectivity index (χ3v) is 15.1. The molecule has 22 heteroatoms. The number of hydrogen-bond acceptors (Lipinski definition) is 12. The van der Waals surface area contributed by atoms with Crippen molar-refractivity contribution in [3.05, 3.63) is 71.8 Å². The van der Waals surface area contributed by atoms with E-state index in [0.717, 1.165) is 0 Å². The number of carbonyl (C=O) groups is 10. The average molecular weight is 1130 g/mol. The van der Waals surface area contributed by atoms with Gasteiger partial charge in [0, 0.05) is 25.9 Å². The van der Waals surface area contributed by atoms with Crippen molar-refractivity contribution in [3.8, 4) is 0 Å². The highest BCUT2D eigenvalue weighted by Crippen LogP contribution is 2.23. The number of amides is 10. The van der Waals surface area contributed by atoms with Gasteiger partial charge in [-0.05, 0) is 113 Å². The third kappa shape index (κ3) is 19.1. The molecule has 10 amide bonds. The maximum Gasteiger partial charge on any atom is 0.246 e. The van der Waals surface area contributed by atoms with Gasteiger partial charge in [0.2, 0.25) is 59.1 Å². The van der Waals surface area contributed by atoms with Crippen LogP contribution in [0.25, 0.3) is 0 Å². The lowest BCUT2D eigenvalue weighted by Gasteiger charge is -2.32. The topological polar surface area (TPSA) is 325 Å². The molecule has 2 aromatic rings. The Bertz CT molecular complexity index is 2460.